The Morgan fingerprint density at radius 2 is 1.93 bits per heavy atom. The minimum absolute atomic E-state index is 0.149. The maximum Gasteiger partial charge on any atom is 0.335 e. The van der Waals surface area contributed by atoms with Crippen LogP contribution in [0.4, 0.5) is 10.1 Å². The number of benzene rings is 2. The molecule has 29 heavy (non-hydrogen) atoms. The summed E-state index contributed by atoms with van der Waals surface area (Å²) in [5.74, 6) is -0.962. The van der Waals surface area contributed by atoms with Gasteiger partial charge in [0.1, 0.15) is 17.3 Å². The molecule has 0 atom stereocenters. The van der Waals surface area contributed by atoms with Crippen molar-refractivity contribution in [2.45, 2.75) is 0 Å². The Kier molecular flexibility index (Phi) is 5.04. The number of nitrogens with zero attached hydrogens (tertiary/aromatic N) is 1. The maximum absolute atomic E-state index is 13.5. The summed E-state index contributed by atoms with van der Waals surface area (Å²) < 4.78 is 19.6. The maximum atomic E-state index is 13.5. The van der Waals surface area contributed by atoms with Gasteiger partial charge < -0.3 is 9.52 Å². The van der Waals surface area contributed by atoms with Gasteiger partial charge in [-0.1, -0.05) is 42.2 Å². The lowest BCUT2D eigenvalue weighted by Crippen LogP contribution is -2.27. The second kappa shape index (κ2) is 7.65. The van der Waals surface area contributed by atoms with Crippen LogP contribution in [-0.4, -0.2) is 21.3 Å². The molecule has 0 aliphatic carbocycles. The normalized spacial score (nSPS) is 15.3. The molecule has 144 valence electrons. The molecule has 1 fully saturated rings. The number of thioether (sulfide) groups is 1. The van der Waals surface area contributed by atoms with Crippen LogP contribution in [0.25, 0.3) is 17.4 Å². The van der Waals surface area contributed by atoms with Crippen LogP contribution in [0.2, 0.25) is 0 Å². The van der Waals surface area contributed by atoms with Crippen molar-refractivity contribution in [2.75, 3.05) is 4.90 Å². The van der Waals surface area contributed by atoms with E-state index < -0.39 is 11.8 Å². The van der Waals surface area contributed by atoms with Gasteiger partial charge in [-0.05, 0) is 42.5 Å². The van der Waals surface area contributed by atoms with E-state index in [0.717, 1.165) is 11.8 Å². The van der Waals surface area contributed by atoms with E-state index in [1.54, 1.807) is 36.4 Å². The van der Waals surface area contributed by atoms with E-state index in [0.29, 0.717) is 32.0 Å². The predicted molar refractivity (Wildman–Crippen MR) is 113 cm³/mol. The van der Waals surface area contributed by atoms with Crippen molar-refractivity contribution in [3.05, 3.63) is 82.7 Å². The molecule has 0 spiro atoms. The van der Waals surface area contributed by atoms with E-state index in [1.807, 2.05) is 0 Å². The summed E-state index contributed by atoms with van der Waals surface area (Å²) in [4.78, 5) is 25.5. The number of hydrogen-bond donors (Lipinski definition) is 1. The number of carboxylic acid groups (broad SMARTS) is 1. The number of thiocarbonyl (C=S) groups is 1. The molecular weight excluding hydrogens is 413 g/mol. The molecule has 1 aliphatic rings. The molecule has 2 aromatic carbocycles. The van der Waals surface area contributed by atoms with Crippen molar-refractivity contribution in [1.29, 1.82) is 0 Å². The van der Waals surface area contributed by atoms with Crippen molar-refractivity contribution >= 4 is 51.9 Å². The van der Waals surface area contributed by atoms with Gasteiger partial charge in [-0.3, -0.25) is 9.69 Å². The summed E-state index contributed by atoms with van der Waals surface area (Å²) in [6, 6.07) is 15.4. The number of halogens is 1. The Morgan fingerprint density at radius 1 is 1.14 bits per heavy atom. The van der Waals surface area contributed by atoms with Gasteiger partial charge in [0.2, 0.25) is 0 Å². The third kappa shape index (κ3) is 3.85. The van der Waals surface area contributed by atoms with Crippen LogP contribution >= 0.6 is 24.0 Å². The number of furan rings is 1. The summed E-state index contributed by atoms with van der Waals surface area (Å²) in [5, 5.41) is 9.12. The molecule has 8 heteroatoms. The van der Waals surface area contributed by atoms with Gasteiger partial charge in [0.15, 0.2) is 4.32 Å². The fourth-order valence-electron chi connectivity index (χ4n) is 2.83. The van der Waals surface area contributed by atoms with Crippen molar-refractivity contribution in [3.8, 4) is 11.3 Å². The van der Waals surface area contributed by atoms with Crippen LogP contribution in [-0.2, 0) is 4.79 Å². The number of carbonyl (C=O) groups is 2. The van der Waals surface area contributed by atoms with Gasteiger partial charge in [0.25, 0.3) is 5.91 Å². The van der Waals surface area contributed by atoms with E-state index >= 15 is 0 Å². The molecule has 1 aliphatic heterocycles. The predicted octanol–water partition coefficient (Wildman–Crippen LogP) is 5.19. The summed E-state index contributed by atoms with van der Waals surface area (Å²) in [6.07, 6.45) is 1.56. The van der Waals surface area contributed by atoms with Crippen LogP contribution in [0, 0.1) is 5.82 Å². The van der Waals surface area contributed by atoms with Crippen LogP contribution in [0.3, 0.4) is 0 Å². The Morgan fingerprint density at radius 3 is 2.69 bits per heavy atom. The highest BCUT2D eigenvalue weighted by atomic mass is 32.2. The SMILES string of the molecule is O=C(O)c1cccc(-c2ccc(/C=C3/SC(=S)N(c4cccc(F)c4)C3=O)o2)c1. The first-order chi connectivity index (χ1) is 13.9. The van der Waals surface area contributed by atoms with E-state index in [-0.39, 0.29) is 11.5 Å². The third-order valence-electron chi connectivity index (χ3n) is 4.15. The van der Waals surface area contributed by atoms with E-state index in [1.165, 1.54) is 35.2 Å². The van der Waals surface area contributed by atoms with E-state index in [2.05, 4.69) is 0 Å². The zero-order chi connectivity index (χ0) is 20.5. The minimum Gasteiger partial charge on any atom is -0.478 e. The number of carbonyl (C=O) groups excluding carboxylic acids is 1. The van der Waals surface area contributed by atoms with Gasteiger partial charge in [-0.15, -0.1) is 0 Å². The van der Waals surface area contributed by atoms with Crippen LogP contribution < -0.4 is 4.90 Å². The van der Waals surface area contributed by atoms with Gasteiger partial charge in [0.05, 0.1) is 16.2 Å². The zero-order valence-electron chi connectivity index (χ0n) is 14.7. The van der Waals surface area contributed by atoms with Gasteiger partial charge in [0, 0.05) is 11.6 Å². The number of rotatable bonds is 4. The van der Waals surface area contributed by atoms with Crippen LogP contribution in [0.5, 0.6) is 0 Å². The lowest BCUT2D eigenvalue weighted by molar-refractivity contribution is -0.113. The highest BCUT2D eigenvalue weighted by Crippen LogP contribution is 2.36. The van der Waals surface area contributed by atoms with Crippen molar-refractivity contribution in [3.63, 3.8) is 0 Å². The average Bonchev–Trinajstić information content (AvgIpc) is 3.26. The molecule has 1 amide bonds. The fourth-order valence-corrected chi connectivity index (χ4v) is 4.10. The minimum atomic E-state index is -1.03. The quantitative estimate of drug-likeness (QED) is 0.458. The Hall–Kier alpha value is -3.23. The molecule has 2 heterocycles. The lowest BCUT2D eigenvalue weighted by atomic mass is 10.1. The molecule has 0 unspecified atom stereocenters. The highest BCUT2D eigenvalue weighted by molar-refractivity contribution is 8.27. The largest absolute Gasteiger partial charge is 0.478 e. The van der Waals surface area contributed by atoms with Gasteiger partial charge in [-0.2, -0.15) is 0 Å². The molecule has 0 saturated carbocycles. The summed E-state index contributed by atoms with van der Waals surface area (Å²) in [5.41, 5.74) is 1.12. The molecule has 1 N–H and O–H groups in total. The smallest absolute Gasteiger partial charge is 0.335 e. The first-order valence-corrected chi connectivity index (χ1v) is 9.62. The standard InChI is InChI=1S/C21H12FNO4S2/c22-14-5-2-6-15(10-14)23-19(24)18(29-21(23)28)11-16-7-8-17(27-16)12-3-1-4-13(9-12)20(25)26/h1-11H,(H,25,26)/b18-11+. The van der Waals surface area contributed by atoms with Crippen molar-refractivity contribution < 1.29 is 23.5 Å². The summed E-state index contributed by atoms with van der Waals surface area (Å²) >= 11 is 6.37. The third-order valence-corrected chi connectivity index (χ3v) is 5.46. The average molecular weight is 425 g/mol. The van der Waals surface area contributed by atoms with E-state index in [4.69, 9.17) is 21.7 Å². The Balaban J connectivity index is 1.61. The molecule has 4 rings (SSSR count). The number of amides is 1. The van der Waals surface area contributed by atoms with Crippen LogP contribution in [0.15, 0.2) is 70.0 Å². The molecule has 0 bridgehead atoms. The first kappa shape index (κ1) is 19.1. The molecule has 1 aromatic heterocycles. The monoisotopic (exact) mass is 425 g/mol. The van der Waals surface area contributed by atoms with Crippen LogP contribution in [0.1, 0.15) is 16.1 Å². The first-order valence-electron chi connectivity index (χ1n) is 8.39. The number of hydrogen-bond acceptors (Lipinski definition) is 5. The van der Waals surface area contributed by atoms with Crippen molar-refractivity contribution in [1.82, 2.24) is 0 Å². The molecule has 1 saturated heterocycles. The second-order valence-corrected chi connectivity index (χ2v) is 7.76. The summed E-state index contributed by atoms with van der Waals surface area (Å²) in [7, 11) is 0. The zero-order valence-corrected chi connectivity index (χ0v) is 16.3. The van der Waals surface area contributed by atoms with E-state index in [9.17, 15) is 14.0 Å². The highest BCUT2D eigenvalue weighted by Gasteiger charge is 2.33. The molecule has 0 radical (unpaired) electrons. The van der Waals surface area contributed by atoms with Gasteiger partial charge >= 0.3 is 5.97 Å². The fraction of sp³-hybridized carbons (Fsp3) is 0. The molecule has 5 nitrogen and oxygen atoms in total. The topological polar surface area (TPSA) is 70.8 Å². The molecular formula is C21H12FNO4S2. The lowest BCUT2D eigenvalue weighted by Gasteiger charge is -2.14. The molecule has 3 aromatic rings. The second-order valence-electron chi connectivity index (χ2n) is 6.08. The van der Waals surface area contributed by atoms with Crippen molar-refractivity contribution in [2.24, 2.45) is 0 Å². The number of carboxylic acids is 1. The Labute approximate surface area is 174 Å². The number of anilines is 1. The number of aromatic carboxylic acids is 1. The van der Waals surface area contributed by atoms with Gasteiger partial charge in [-0.25, -0.2) is 9.18 Å². The Bertz CT molecular complexity index is 1180. The summed E-state index contributed by atoms with van der Waals surface area (Å²) in [6.45, 7) is 0.